The maximum atomic E-state index is 12.3. The molecule has 0 spiro atoms. The molecule has 0 amide bonds. The molecule has 0 bridgehead atoms. The number of aliphatic hydroxyl groups is 1. The quantitative estimate of drug-likeness (QED) is 0.819. The van der Waals surface area contributed by atoms with Crippen molar-refractivity contribution in [3.8, 4) is 0 Å². The number of aromatic nitrogens is 1. The van der Waals surface area contributed by atoms with Gasteiger partial charge in [-0.2, -0.15) is 4.31 Å². The number of aromatic amines is 1. The second kappa shape index (κ2) is 4.44. The fraction of sp³-hybridized carbons (Fsp3) is 0.700. The molecule has 18 heavy (non-hydrogen) atoms. The summed E-state index contributed by atoms with van der Waals surface area (Å²) in [6.45, 7) is 3.84. The molecule has 1 aromatic heterocycles. The number of aryl methyl sites for hydroxylation is 1. The number of rotatable bonds is 2. The minimum atomic E-state index is -3.61. The summed E-state index contributed by atoms with van der Waals surface area (Å²) in [5, 5.41) is 9.81. The van der Waals surface area contributed by atoms with E-state index in [4.69, 9.17) is 0 Å². The van der Waals surface area contributed by atoms with E-state index in [0.29, 0.717) is 29.9 Å². The zero-order chi connectivity index (χ0) is 13.6. The number of H-pyrrole nitrogens is 1. The van der Waals surface area contributed by atoms with Gasteiger partial charge in [-0.25, -0.2) is 8.42 Å². The monoisotopic (exact) mass is 292 g/mol. The zero-order valence-corrected chi connectivity index (χ0v) is 11.9. The standard InChI is InChI=1S/C10H16N2O4S2/c1-7-8(17-9(13)11-7)18(15,16)12-5-3-10(2,14)4-6-12/h14H,3-6H2,1-2H3,(H,11,13). The molecular formula is C10H16N2O4S2. The van der Waals surface area contributed by atoms with E-state index in [1.54, 1.807) is 13.8 Å². The minimum absolute atomic E-state index is 0.0778. The molecule has 1 aliphatic rings. The third-order valence-electron chi connectivity index (χ3n) is 3.15. The summed E-state index contributed by atoms with van der Waals surface area (Å²) < 4.78 is 26.1. The van der Waals surface area contributed by atoms with E-state index >= 15 is 0 Å². The van der Waals surface area contributed by atoms with Gasteiger partial charge in [0.15, 0.2) is 4.21 Å². The zero-order valence-electron chi connectivity index (χ0n) is 10.3. The Morgan fingerprint density at radius 2 is 1.94 bits per heavy atom. The maximum Gasteiger partial charge on any atom is 0.305 e. The van der Waals surface area contributed by atoms with Crippen LogP contribution in [0.25, 0.3) is 0 Å². The molecular weight excluding hydrogens is 276 g/mol. The first kappa shape index (κ1) is 13.7. The first-order valence-corrected chi connectivity index (χ1v) is 7.90. The minimum Gasteiger partial charge on any atom is -0.390 e. The molecule has 1 fully saturated rings. The lowest BCUT2D eigenvalue weighted by molar-refractivity contribution is 0.0126. The molecule has 2 N–H and O–H groups in total. The van der Waals surface area contributed by atoms with Crippen LogP contribution in [-0.4, -0.2) is 41.5 Å². The molecule has 1 aromatic rings. The average Bonchev–Trinajstić information content (AvgIpc) is 2.58. The van der Waals surface area contributed by atoms with Gasteiger partial charge in [0.1, 0.15) is 0 Å². The van der Waals surface area contributed by atoms with Crippen molar-refractivity contribution in [2.75, 3.05) is 13.1 Å². The Hall–Kier alpha value is -0.700. The third-order valence-corrected chi connectivity index (χ3v) is 6.64. The van der Waals surface area contributed by atoms with Crippen LogP contribution in [0.15, 0.2) is 9.00 Å². The van der Waals surface area contributed by atoms with Crippen molar-refractivity contribution in [3.05, 3.63) is 15.4 Å². The average molecular weight is 292 g/mol. The van der Waals surface area contributed by atoms with Crippen LogP contribution in [0.3, 0.4) is 0 Å². The van der Waals surface area contributed by atoms with Gasteiger partial charge < -0.3 is 10.1 Å². The number of nitrogens with zero attached hydrogens (tertiary/aromatic N) is 1. The van der Waals surface area contributed by atoms with Crippen LogP contribution in [0, 0.1) is 6.92 Å². The molecule has 0 aromatic carbocycles. The van der Waals surface area contributed by atoms with Crippen molar-refractivity contribution in [2.24, 2.45) is 0 Å². The van der Waals surface area contributed by atoms with E-state index in [0.717, 1.165) is 0 Å². The van der Waals surface area contributed by atoms with Crippen LogP contribution in [0.5, 0.6) is 0 Å². The predicted molar refractivity (Wildman–Crippen MR) is 68.3 cm³/mol. The number of nitrogens with one attached hydrogen (secondary N) is 1. The summed E-state index contributed by atoms with van der Waals surface area (Å²) in [5.74, 6) is 0. The highest BCUT2D eigenvalue weighted by atomic mass is 32.2. The van der Waals surface area contributed by atoms with Gasteiger partial charge in [-0.3, -0.25) is 4.79 Å². The van der Waals surface area contributed by atoms with Crippen LogP contribution in [0.2, 0.25) is 0 Å². The van der Waals surface area contributed by atoms with Crippen molar-refractivity contribution >= 4 is 21.4 Å². The number of sulfonamides is 1. The van der Waals surface area contributed by atoms with E-state index < -0.39 is 15.6 Å². The largest absolute Gasteiger partial charge is 0.390 e. The van der Waals surface area contributed by atoms with Gasteiger partial charge in [0.25, 0.3) is 10.0 Å². The second-order valence-corrected chi connectivity index (χ2v) is 7.94. The SMILES string of the molecule is Cc1[nH]c(=O)sc1S(=O)(=O)N1CCC(C)(O)CC1. The van der Waals surface area contributed by atoms with Gasteiger partial charge in [-0.05, 0) is 26.7 Å². The van der Waals surface area contributed by atoms with Crippen LogP contribution in [0.4, 0.5) is 0 Å². The van der Waals surface area contributed by atoms with Crippen LogP contribution < -0.4 is 4.87 Å². The Labute approximate surface area is 109 Å². The van der Waals surface area contributed by atoms with E-state index in [1.165, 1.54) is 4.31 Å². The molecule has 0 unspecified atom stereocenters. The lowest BCUT2D eigenvalue weighted by Crippen LogP contribution is -2.44. The summed E-state index contributed by atoms with van der Waals surface area (Å²) in [5.41, 5.74) is -0.422. The summed E-state index contributed by atoms with van der Waals surface area (Å²) in [6, 6.07) is 0. The highest BCUT2D eigenvalue weighted by Crippen LogP contribution is 2.28. The Balaban J connectivity index is 2.28. The van der Waals surface area contributed by atoms with Crippen molar-refractivity contribution < 1.29 is 13.5 Å². The van der Waals surface area contributed by atoms with Gasteiger partial charge in [-0.1, -0.05) is 11.3 Å². The van der Waals surface area contributed by atoms with E-state index in [9.17, 15) is 18.3 Å². The van der Waals surface area contributed by atoms with Crippen molar-refractivity contribution in [2.45, 2.75) is 36.5 Å². The topological polar surface area (TPSA) is 90.5 Å². The van der Waals surface area contributed by atoms with Crippen LogP contribution in [-0.2, 0) is 10.0 Å². The lowest BCUT2D eigenvalue weighted by atomic mass is 9.95. The molecule has 102 valence electrons. The Bertz CT molecular complexity index is 590. The molecule has 2 rings (SSSR count). The molecule has 1 aliphatic heterocycles. The second-order valence-electron chi connectivity index (χ2n) is 4.83. The third kappa shape index (κ3) is 2.51. The Morgan fingerprint density at radius 1 is 1.39 bits per heavy atom. The summed E-state index contributed by atoms with van der Waals surface area (Å²) in [7, 11) is -3.61. The molecule has 2 heterocycles. The van der Waals surface area contributed by atoms with Gasteiger partial charge in [0.2, 0.25) is 0 Å². The first-order chi connectivity index (χ1) is 8.22. The fourth-order valence-electron chi connectivity index (χ4n) is 1.96. The number of piperidine rings is 1. The number of hydrogen-bond acceptors (Lipinski definition) is 5. The molecule has 0 radical (unpaired) electrons. The Morgan fingerprint density at radius 3 is 2.39 bits per heavy atom. The predicted octanol–water partition coefficient (Wildman–Crippen LogP) is 0.280. The molecule has 0 aliphatic carbocycles. The summed E-state index contributed by atoms with van der Waals surface area (Å²) in [4.78, 5) is 13.3. The fourth-order valence-corrected chi connectivity index (χ4v) is 4.84. The van der Waals surface area contributed by atoms with Crippen molar-refractivity contribution in [3.63, 3.8) is 0 Å². The summed E-state index contributed by atoms with van der Waals surface area (Å²) >= 11 is 0.712. The maximum absolute atomic E-state index is 12.3. The van der Waals surface area contributed by atoms with Gasteiger partial charge in [0, 0.05) is 18.8 Å². The van der Waals surface area contributed by atoms with Gasteiger partial charge >= 0.3 is 4.87 Å². The van der Waals surface area contributed by atoms with Crippen molar-refractivity contribution in [1.29, 1.82) is 0 Å². The normalized spacial score (nSPS) is 21.1. The van der Waals surface area contributed by atoms with Crippen LogP contribution in [0.1, 0.15) is 25.5 Å². The smallest absolute Gasteiger partial charge is 0.305 e. The highest BCUT2D eigenvalue weighted by molar-refractivity contribution is 7.91. The van der Waals surface area contributed by atoms with Crippen molar-refractivity contribution in [1.82, 2.24) is 9.29 Å². The number of thiazole rings is 1. The molecule has 8 heteroatoms. The Kier molecular flexibility index (Phi) is 3.39. The van der Waals surface area contributed by atoms with E-state index in [1.807, 2.05) is 0 Å². The van der Waals surface area contributed by atoms with Crippen LogP contribution >= 0.6 is 11.3 Å². The lowest BCUT2D eigenvalue weighted by Gasteiger charge is -2.34. The van der Waals surface area contributed by atoms with E-state index in [2.05, 4.69) is 4.98 Å². The van der Waals surface area contributed by atoms with Gasteiger partial charge in [0.05, 0.1) is 5.60 Å². The first-order valence-electron chi connectivity index (χ1n) is 5.65. The molecule has 6 nitrogen and oxygen atoms in total. The van der Waals surface area contributed by atoms with E-state index in [-0.39, 0.29) is 22.2 Å². The molecule has 0 atom stereocenters. The van der Waals surface area contributed by atoms with Gasteiger partial charge in [-0.15, -0.1) is 0 Å². The molecule has 1 saturated heterocycles. The highest BCUT2D eigenvalue weighted by Gasteiger charge is 2.35. The molecule has 0 saturated carbocycles. The summed E-state index contributed by atoms with van der Waals surface area (Å²) in [6.07, 6.45) is 0.815. The number of hydrogen-bond donors (Lipinski definition) is 2.